The van der Waals surface area contributed by atoms with E-state index in [2.05, 4.69) is 39.6 Å². The summed E-state index contributed by atoms with van der Waals surface area (Å²) in [6.45, 7) is 6.52. The number of amides is 1. The number of rotatable bonds is 16. The summed E-state index contributed by atoms with van der Waals surface area (Å²) in [6.07, 6.45) is 11.9. The fourth-order valence-corrected chi connectivity index (χ4v) is 4.17. The van der Waals surface area contributed by atoms with E-state index >= 15 is 0 Å². The third-order valence-corrected chi connectivity index (χ3v) is 7.48. The van der Waals surface area contributed by atoms with Gasteiger partial charge in [0.1, 0.15) is 0 Å². The van der Waals surface area contributed by atoms with Crippen LogP contribution in [-0.4, -0.2) is 60.0 Å². The Balaban J connectivity index is 3.31. The highest BCUT2D eigenvalue weighted by atomic mass is 28.4. The fraction of sp³-hybridized carbons (Fsp3) is 0.950. The van der Waals surface area contributed by atoms with E-state index in [4.69, 9.17) is 4.43 Å². The van der Waals surface area contributed by atoms with Crippen LogP contribution in [0.1, 0.15) is 64.2 Å². The van der Waals surface area contributed by atoms with Crippen LogP contribution in [0.25, 0.3) is 0 Å². The van der Waals surface area contributed by atoms with Crippen molar-refractivity contribution < 1.29 is 13.7 Å². The second-order valence-corrected chi connectivity index (χ2v) is 13.4. The lowest BCUT2D eigenvalue weighted by atomic mass is 10.1. The molecule has 0 saturated carbocycles. The summed E-state index contributed by atoms with van der Waals surface area (Å²) in [7, 11) is 7.08. The van der Waals surface area contributed by atoms with E-state index in [-0.39, 0.29) is 5.91 Å². The minimum absolute atomic E-state index is 0.228. The molecule has 0 aliphatic carbocycles. The maximum atomic E-state index is 11.8. The largest absolute Gasteiger partial charge is 0.420 e. The number of carbonyl (C=O) groups excluding carboxylic acids is 1. The number of nitrogens with one attached hydrogen (secondary N) is 1. The van der Waals surface area contributed by atoms with E-state index in [1.54, 1.807) is 0 Å². The van der Waals surface area contributed by atoms with Crippen molar-refractivity contribution in [2.75, 3.05) is 41.3 Å². The van der Waals surface area contributed by atoms with Gasteiger partial charge >= 0.3 is 0 Å². The van der Waals surface area contributed by atoms with Gasteiger partial charge < -0.3 is 14.2 Å². The molecule has 0 radical (unpaired) electrons. The minimum Gasteiger partial charge on any atom is -0.420 e. The molecule has 0 saturated heterocycles. The molecule has 0 spiro atoms. The van der Waals surface area contributed by atoms with Gasteiger partial charge in [0.2, 0.25) is 5.91 Å². The Morgan fingerprint density at radius 1 is 0.880 bits per heavy atom. The summed E-state index contributed by atoms with van der Waals surface area (Å²) < 4.78 is 6.54. The average Bonchev–Trinajstić information content (AvgIpc) is 2.52. The van der Waals surface area contributed by atoms with Crippen molar-refractivity contribution in [3.63, 3.8) is 0 Å². The van der Waals surface area contributed by atoms with Gasteiger partial charge in [-0.3, -0.25) is 4.79 Å². The van der Waals surface area contributed by atoms with Crippen molar-refractivity contribution in [3.8, 4) is 0 Å². The molecule has 4 nitrogen and oxygen atoms in total. The summed E-state index contributed by atoms with van der Waals surface area (Å²) in [5, 5.41) is 3.04. The van der Waals surface area contributed by atoms with Gasteiger partial charge in [-0.25, -0.2) is 0 Å². The van der Waals surface area contributed by atoms with E-state index in [1.807, 2.05) is 7.11 Å². The second kappa shape index (κ2) is 13.8. The lowest BCUT2D eigenvalue weighted by molar-refractivity contribution is -0.870. The Bertz CT molecular complexity index is 341. The van der Waals surface area contributed by atoms with Gasteiger partial charge in [0.05, 0.1) is 27.7 Å². The van der Waals surface area contributed by atoms with Crippen LogP contribution in [0, 0.1) is 0 Å². The second-order valence-electron chi connectivity index (χ2n) is 9.01. The van der Waals surface area contributed by atoms with Crippen molar-refractivity contribution in [3.05, 3.63) is 0 Å². The predicted molar refractivity (Wildman–Crippen MR) is 111 cm³/mol. The van der Waals surface area contributed by atoms with Crippen LogP contribution in [0.3, 0.4) is 0 Å². The van der Waals surface area contributed by atoms with Gasteiger partial charge in [0.25, 0.3) is 0 Å². The van der Waals surface area contributed by atoms with Crippen LogP contribution in [0.5, 0.6) is 0 Å². The number of carbonyl (C=O) groups is 1. The number of unbranched alkanes of at least 4 members (excludes halogenated alkanes) is 7. The number of quaternary nitrogens is 1. The van der Waals surface area contributed by atoms with Crippen LogP contribution in [-0.2, 0) is 9.22 Å². The molecule has 1 amide bonds. The normalized spacial score (nSPS) is 12.4. The van der Waals surface area contributed by atoms with Crippen LogP contribution in [0.2, 0.25) is 19.1 Å². The number of nitrogens with zero attached hydrogens (tertiary/aromatic N) is 1. The van der Waals surface area contributed by atoms with E-state index in [0.717, 1.165) is 30.4 Å². The molecule has 0 aromatic carbocycles. The zero-order valence-corrected chi connectivity index (χ0v) is 19.0. The Kier molecular flexibility index (Phi) is 13.5. The topological polar surface area (TPSA) is 38.3 Å². The molecular formula is C20H45N2O2Si+. The van der Waals surface area contributed by atoms with Crippen molar-refractivity contribution in [2.24, 2.45) is 0 Å². The zero-order chi connectivity index (χ0) is 19.2. The standard InChI is InChI=1S/C20H44N2O2Si/c1-22(2,3)18-15-17-21-20(23)16-13-11-9-7-8-10-12-14-19-25(5,6)24-4/h7-19H2,1-6H3/p+1. The highest BCUT2D eigenvalue weighted by Gasteiger charge is 2.19. The summed E-state index contributed by atoms with van der Waals surface area (Å²) in [4.78, 5) is 11.8. The SMILES string of the molecule is CO[Si](C)(C)CCCCCCCCCCC(=O)NCCC[N+](C)(C)C. The molecule has 150 valence electrons. The van der Waals surface area contributed by atoms with Gasteiger partial charge in [0.15, 0.2) is 8.32 Å². The maximum Gasteiger partial charge on any atom is 0.219 e. The molecule has 5 heteroatoms. The molecule has 0 heterocycles. The molecule has 0 aliphatic rings. The third-order valence-electron chi connectivity index (χ3n) is 4.81. The van der Waals surface area contributed by atoms with E-state index in [0.29, 0.717) is 6.42 Å². The molecule has 1 N–H and O–H groups in total. The smallest absolute Gasteiger partial charge is 0.219 e. The highest BCUT2D eigenvalue weighted by Crippen LogP contribution is 2.16. The molecular weight excluding hydrogens is 328 g/mol. The Morgan fingerprint density at radius 2 is 1.40 bits per heavy atom. The van der Waals surface area contributed by atoms with Crippen LogP contribution < -0.4 is 5.32 Å². The quantitative estimate of drug-likeness (QED) is 0.245. The first-order valence-corrected chi connectivity index (χ1v) is 13.4. The first-order chi connectivity index (χ1) is 11.7. The molecule has 25 heavy (non-hydrogen) atoms. The summed E-state index contributed by atoms with van der Waals surface area (Å²) in [6, 6.07) is 1.29. The number of hydrogen-bond acceptors (Lipinski definition) is 2. The number of hydrogen-bond donors (Lipinski definition) is 1. The molecule has 0 aliphatic heterocycles. The first kappa shape index (κ1) is 24.6. The predicted octanol–water partition coefficient (Wildman–Crippen LogP) is 4.56. The van der Waals surface area contributed by atoms with Gasteiger partial charge in [0, 0.05) is 26.5 Å². The minimum atomic E-state index is -1.33. The van der Waals surface area contributed by atoms with Crippen molar-refractivity contribution >= 4 is 14.2 Å². The zero-order valence-electron chi connectivity index (χ0n) is 18.0. The Morgan fingerprint density at radius 3 is 1.92 bits per heavy atom. The first-order valence-electron chi connectivity index (χ1n) is 10.3. The van der Waals surface area contributed by atoms with Crippen molar-refractivity contribution in [1.29, 1.82) is 0 Å². The van der Waals surface area contributed by atoms with E-state index in [9.17, 15) is 4.79 Å². The molecule has 0 fully saturated rings. The van der Waals surface area contributed by atoms with Crippen LogP contribution >= 0.6 is 0 Å². The maximum absolute atomic E-state index is 11.8. The lowest BCUT2D eigenvalue weighted by Crippen LogP contribution is -2.37. The average molecular weight is 374 g/mol. The summed E-state index contributed by atoms with van der Waals surface area (Å²) in [5.74, 6) is 0.228. The van der Waals surface area contributed by atoms with Gasteiger partial charge in [-0.1, -0.05) is 44.9 Å². The summed E-state index contributed by atoms with van der Waals surface area (Å²) >= 11 is 0. The Hall–Kier alpha value is -0.393. The van der Waals surface area contributed by atoms with Crippen molar-refractivity contribution in [2.45, 2.75) is 83.3 Å². The van der Waals surface area contributed by atoms with Gasteiger partial charge in [-0.15, -0.1) is 0 Å². The third kappa shape index (κ3) is 18.2. The van der Waals surface area contributed by atoms with Crippen LogP contribution in [0.4, 0.5) is 0 Å². The van der Waals surface area contributed by atoms with Crippen molar-refractivity contribution in [1.82, 2.24) is 5.32 Å². The lowest BCUT2D eigenvalue weighted by Gasteiger charge is -2.23. The molecule has 0 bridgehead atoms. The Labute approximate surface area is 158 Å². The van der Waals surface area contributed by atoms with E-state index < -0.39 is 8.32 Å². The molecule has 0 rings (SSSR count). The molecule has 0 atom stereocenters. The summed E-state index contributed by atoms with van der Waals surface area (Å²) in [5.41, 5.74) is 0. The fourth-order valence-electron chi connectivity index (χ4n) is 2.87. The molecule has 0 unspecified atom stereocenters. The van der Waals surface area contributed by atoms with Crippen LogP contribution in [0.15, 0.2) is 0 Å². The van der Waals surface area contributed by atoms with E-state index in [1.165, 1.54) is 51.0 Å². The van der Waals surface area contributed by atoms with Gasteiger partial charge in [-0.2, -0.15) is 0 Å². The molecule has 0 aromatic heterocycles. The highest BCUT2D eigenvalue weighted by molar-refractivity contribution is 6.71. The van der Waals surface area contributed by atoms with Gasteiger partial charge in [-0.05, 0) is 25.6 Å². The molecule has 0 aromatic rings. The monoisotopic (exact) mass is 373 g/mol.